The molecule has 1 radical (unpaired) electrons. The summed E-state index contributed by atoms with van der Waals surface area (Å²) in [4.78, 5) is 0. The quantitative estimate of drug-likeness (QED) is 0.497. The van der Waals surface area contributed by atoms with Gasteiger partial charge in [0.05, 0.1) is 0 Å². The minimum absolute atomic E-state index is 0.180. The first-order valence-corrected chi connectivity index (χ1v) is 6.60. The Morgan fingerprint density at radius 2 is 1.71 bits per heavy atom. The first-order valence-electron chi connectivity index (χ1n) is 6.60. The molecule has 0 aliphatic rings. The molecule has 0 heterocycles. The van der Waals surface area contributed by atoms with Crippen LogP contribution in [0.4, 0.5) is 0 Å². The number of hydrogen-bond donors (Lipinski definition) is 0. The van der Waals surface area contributed by atoms with Crippen LogP contribution in [0.3, 0.4) is 0 Å². The second-order valence-electron chi connectivity index (χ2n) is 4.97. The largest absolute Gasteiger partial charge is 0.0809 e. The summed E-state index contributed by atoms with van der Waals surface area (Å²) in [6, 6.07) is 4.45. The van der Waals surface area contributed by atoms with Crippen molar-refractivity contribution in [1.82, 2.24) is 0 Å². The Balaban J connectivity index is 2.86. The summed E-state index contributed by atoms with van der Waals surface area (Å²) in [5.74, 6) is 2.88. The number of hydrogen-bond acceptors (Lipinski definition) is 0. The molecule has 0 heteroatoms. The van der Waals surface area contributed by atoms with Gasteiger partial charge in [0.2, 0.25) is 0 Å². The van der Waals surface area contributed by atoms with E-state index < -0.39 is 0 Å². The van der Waals surface area contributed by atoms with E-state index in [-0.39, 0.29) is 5.92 Å². The second-order valence-corrected chi connectivity index (χ2v) is 4.97. The summed E-state index contributed by atoms with van der Waals surface area (Å²) in [6.45, 7) is 8.68. The molecule has 0 N–H and O–H groups in total. The van der Waals surface area contributed by atoms with Gasteiger partial charge in [0.15, 0.2) is 0 Å². The monoisotopic (exact) mass is 227 g/mol. The van der Waals surface area contributed by atoms with Gasteiger partial charge in [0, 0.05) is 5.92 Å². The maximum atomic E-state index is 7.48. The Kier molecular flexibility index (Phi) is 5.29. The van der Waals surface area contributed by atoms with Crippen LogP contribution in [0, 0.1) is 33.1 Å². The highest BCUT2D eigenvalue weighted by Crippen LogP contribution is 2.25. The summed E-state index contributed by atoms with van der Waals surface area (Å²) >= 11 is 0. The third kappa shape index (κ3) is 3.63. The van der Waals surface area contributed by atoms with Crippen molar-refractivity contribution in [2.75, 3.05) is 0 Å². The fourth-order valence-electron chi connectivity index (χ4n) is 2.19. The third-order valence-corrected chi connectivity index (χ3v) is 3.62. The maximum Gasteiger partial charge on any atom is 0.0462 e. The average molecular weight is 227 g/mol. The van der Waals surface area contributed by atoms with Crippen LogP contribution >= 0.6 is 0 Å². The van der Waals surface area contributed by atoms with Gasteiger partial charge in [-0.1, -0.05) is 44.2 Å². The van der Waals surface area contributed by atoms with Crippen LogP contribution in [0.5, 0.6) is 0 Å². The minimum Gasteiger partial charge on any atom is -0.0809 e. The lowest BCUT2D eigenvalue weighted by molar-refractivity contribution is 0.636. The van der Waals surface area contributed by atoms with Crippen LogP contribution in [0.25, 0.3) is 0 Å². The van der Waals surface area contributed by atoms with Crippen molar-refractivity contribution in [2.24, 2.45) is 0 Å². The summed E-state index contributed by atoms with van der Waals surface area (Å²) in [5.41, 5.74) is 5.29. The van der Waals surface area contributed by atoms with Crippen LogP contribution in [0.15, 0.2) is 12.1 Å². The van der Waals surface area contributed by atoms with Crippen LogP contribution < -0.4 is 0 Å². The van der Waals surface area contributed by atoms with Crippen molar-refractivity contribution in [3.63, 3.8) is 0 Å². The lowest BCUT2D eigenvalue weighted by Gasteiger charge is -2.14. The van der Waals surface area contributed by atoms with Crippen molar-refractivity contribution in [3.8, 4) is 5.92 Å². The summed E-state index contributed by atoms with van der Waals surface area (Å²) in [7, 11) is 0. The van der Waals surface area contributed by atoms with Crippen molar-refractivity contribution in [3.05, 3.63) is 40.8 Å². The van der Waals surface area contributed by atoms with Crippen LogP contribution in [0.1, 0.15) is 60.8 Å². The summed E-state index contributed by atoms with van der Waals surface area (Å²) < 4.78 is 0. The van der Waals surface area contributed by atoms with E-state index in [0.717, 1.165) is 6.42 Å². The Bertz CT molecular complexity index is 384. The molecule has 0 aliphatic heterocycles. The SMILES string of the molecule is [C]#CC(CCCCC)c1cc(C)c(C)c(C)c1. The van der Waals surface area contributed by atoms with Crippen LogP contribution in [-0.4, -0.2) is 0 Å². The minimum atomic E-state index is 0.180. The summed E-state index contributed by atoms with van der Waals surface area (Å²) in [5, 5.41) is 0. The number of aryl methyl sites for hydroxylation is 2. The van der Waals surface area contributed by atoms with E-state index in [2.05, 4.69) is 45.7 Å². The second kappa shape index (κ2) is 6.50. The van der Waals surface area contributed by atoms with E-state index in [0.29, 0.717) is 0 Å². The molecule has 1 atom stereocenters. The molecule has 0 aliphatic carbocycles. The average Bonchev–Trinajstić information content (AvgIpc) is 2.31. The molecule has 1 aromatic carbocycles. The highest BCUT2D eigenvalue weighted by atomic mass is 14.1. The standard InChI is InChI=1S/C17H23/c1-6-8-9-10-16(7-2)17-11-13(3)15(5)14(4)12-17/h11-12,16H,6,8-10H2,1,3-5H3. The van der Waals surface area contributed by atoms with Gasteiger partial charge in [-0.2, -0.15) is 0 Å². The molecule has 0 aromatic heterocycles. The van der Waals surface area contributed by atoms with E-state index in [1.807, 2.05) is 0 Å². The molecule has 1 aromatic rings. The first kappa shape index (κ1) is 13.8. The van der Waals surface area contributed by atoms with E-state index in [4.69, 9.17) is 6.42 Å². The van der Waals surface area contributed by atoms with Crippen molar-refractivity contribution in [2.45, 2.75) is 59.3 Å². The Labute approximate surface area is 106 Å². The van der Waals surface area contributed by atoms with Gasteiger partial charge in [0.1, 0.15) is 0 Å². The zero-order valence-corrected chi connectivity index (χ0v) is 11.6. The van der Waals surface area contributed by atoms with Crippen molar-refractivity contribution < 1.29 is 0 Å². The molecule has 0 saturated heterocycles. The first-order chi connectivity index (χ1) is 8.10. The van der Waals surface area contributed by atoms with Crippen LogP contribution in [0.2, 0.25) is 0 Å². The fourth-order valence-corrected chi connectivity index (χ4v) is 2.19. The predicted molar refractivity (Wildman–Crippen MR) is 74.7 cm³/mol. The molecular formula is C17H23. The van der Waals surface area contributed by atoms with Gasteiger partial charge >= 0.3 is 0 Å². The maximum absolute atomic E-state index is 7.48. The molecule has 1 unspecified atom stereocenters. The zero-order chi connectivity index (χ0) is 12.8. The normalized spacial score (nSPS) is 12.2. The molecule has 0 amide bonds. The molecule has 0 nitrogen and oxygen atoms in total. The smallest absolute Gasteiger partial charge is 0.0462 e. The van der Waals surface area contributed by atoms with E-state index in [1.165, 1.54) is 41.5 Å². The fraction of sp³-hybridized carbons (Fsp3) is 0.529. The predicted octanol–water partition coefficient (Wildman–Crippen LogP) is 4.87. The third-order valence-electron chi connectivity index (χ3n) is 3.62. The molecule has 0 spiro atoms. The Morgan fingerprint density at radius 3 is 2.18 bits per heavy atom. The van der Waals surface area contributed by atoms with Crippen LogP contribution in [-0.2, 0) is 0 Å². The Morgan fingerprint density at radius 1 is 1.12 bits per heavy atom. The number of rotatable bonds is 5. The molecule has 91 valence electrons. The van der Waals surface area contributed by atoms with Gasteiger partial charge in [-0.3, -0.25) is 0 Å². The molecule has 17 heavy (non-hydrogen) atoms. The zero-order valence-electron chi connectivity index (χ0n) is 11.6. The topological polar surface area (TPSA) is 0 Å². The lowest BCUT2D eigenvalue weighted by Crippen LogP contribution is -1.99. The molecule has 0 bridgehead atoms. The van der Waals surface area contributed by atoms with Gasteiger partial charge in [0.25, 0.3) is 0 Å². The Hall–Kier alpha value is -1.22. The van der Waals surface area contributed by atoms with Gasteiger partial charge in [-0.05, 0) is 55.9 Å². The molecular weight excluding hydrogens is 204 g/mol. The number of benzene rings is 1. The number of unbranched alkanes of at least 4 members (excludes halogenated alkanes) is 2. The van der Waals surface area contributed by atoms with Crippen molar-refractivity contribution in [1.29, 1.82) is 0 Å². The van der Waals surface area contributed by atoms with E-state index in [9.17, 15) is 0 Å². The summed E-state index contributed by atoms with van der Waals surface area (Å²) in [6.07, 6.45) is 12.2. The van der Waals surface area contributed by atoms with Gasteiger partial charge in [-0.25, -0.2) is 0 Å². The van der Waals surface area contributed by atoms with Crippen molar-refractivity contribution >= 4 is 0 Å². The molecule has 1 rings (SSSR count). The highest BCUT2D eigenvalue weighted by molar-refractivity contribution is 5.40. The molecule has 0 saturated carbocycles. The highest BCUT2D eigenvalue weighted by Gasteiger charge is 2.10. The van der Waals surface area contributed by atoms with Gasteiger partial charge in [-0.15, -0.1) is 0 Å². The molecule has 0 fully saturated rings. The van der Waals surface area contributed by atoms with E-state index in [1.54, 1.807) is 0 Å². The lowest BCUT2D eigenvalue weighted by atomic mass is 9.90. The van der Waals surface area contributed by atoms with E-state index >= 15 is 0 Å². The van der Waals surface area contributed by atoms with Gasteiger partial charge < -0.3 is 0 Å².